The van der Waals surface area contributed by atoms with E-state index in [2.05, 4.69) is 16.4 Å². The first kappa shape index (κ1) is 14.1. The molecule has 0 saturated carbocycles. The van der Waals surface area contributed by atoms with Crippen molar-refractivity contribution in [2.45, 2.75) is 38.3 Å². The van der Waals surface area contributed by atoms with Crippen molar-refractivity contribution < 1.29 is 8.78 Å². The van der Waals surface area contributed by atoms with E-state index in [1.807, 2.05) is 13.0 Å². The molecule has 3 rings (SSSR count). The smallest absolute Gasteiger partial charge is 0.129 e. The van der Waals surface area contributed by atoms with Gasteiger partial charge in [-0.05, 0) is 49.9 Å². The number of hydrogen-bond donors (Lipinski definition) is 1. The minimum Gasteiger partial charge on any atom is -0.306 e. The molecule has 110 valence electrons. The number of hydrogen-bond acceptors (Lipinski definition) is 2. The lowest BCUT2D eigenvalue weighted by molar-refractivity contribution is 0.432. The molecule has 1 N–H and O–H groups in total. The monoisotopic (exact) mass is 288 g/mol. The molecule has 0 fully saturated rings. The van der Waals surface area contributed by atoms with Gasteiger partial charge in [0.2, 0.25) is 0 Å². The molecule has 1 heterocycles. The number of nitrogens with zero attached hydrogens (tertiary/aromatic N) is 1. The molecule has 1 aliphatic carbocycles. The van der Waals surface area contributed by atoms with Crippen molar-refractivity contribution in [2.24, 2.45) is 0 Å². The molecule has 0 amide bonds. The number of benzene rings is 1. The van der Waals surface area contributed by atoms with Crippen LogP contribution in [-0.4, -0.2) is 11.0 Å². The molecule has 1 aliphatic rings. The van der Waals surface area contributed by atoms with Crippen molar-refractivity contribution >= 4 is 0 Å². The molecule has 0 aliphatic heterocycles. The van der Waals surface area contributed by atoms with E-state index < -0.39 is 11.6 Å². The van der Waals surface area contributed by atoms with Crippen LogP contribution in [0.2, 0.25) is 0 Å². The molecule has 1 aromatic carbocycles. The standard InChI is InChI=1S/C17H18F2N2/c1-11(10-13-14(18)5-2-6-15(13)19)21-16-8-7-12-4-3-9-20-17(12)16/h2-6,9,11,16,21H,7-8,10H2,1H3. The van der Waals surface area contributed by atoms with Crippen molar-refractivity contribution in [3.05, 3.63) is 65.0 Å². The fourth-order valence-electron chi connectivity index (χ4n) is 3.01. The molecule has 2 unspecified atom stereocenters. The lowest BCUT2D eigenvalue weighted by atomic mass is 10.0. The lowest BCUT2D eigenvalue weighted by Gasteiger charge is -2.20. The van der Waals surface area contributed by atoms with Gasteiger partial charge >= 0.3 is 0 Å². The average molecular weight is 288 g/mol. The molecular weight excluding hydrogens is 270 g/mol. The Bertz CT molecular complexity index is 622. The third-order valence-electron chi connectivity index (χ3n) is 4.02. The van der Waals surface area contributed by atoms with E-state index in [9.17, 15) is 8.78 Å². The average Bonchev–Trinajstić information content (AvgIpc) is 2.87. The van der Waals surface area contributed by atoms with E-state index in [1.165, 1.54) is 23.8 Å². The Morgan fingerprint density at radius 3 is 2.76 bits per heavy atom. The quantitative estimate of drug-likeness (QED) is 0.930. The van der Waals surface area contributed by atoms with Gasteiger partial charge in [-0.15, -0.1) is 0 Å². The van der Waals surface area contributed by atoms with Crippen LogP contribution in [0.4, 0.5) is 8.78 Å². The number of aromatic nitrogens is 1. The summed E-state index contributed by atoms with van der Waals surface area (Å²) in [4.78, 5) is 4.43. The van der Waals surface area contributed by atoms with Crippen LogP contribution in [-0.2, 0) is 12.8 Å². The summed E-state index contributed by atoms with van der Waals surface area (Å²) in [6.07, 6.45) is 4.11. The normalized spacial score (nSPS) is 18.5. The number of rotatable bonds is 4. The van der Waals surface area contributed by atoms with Crippen molar-refractivity contribution in [2.75, 3.05) is 0 Å². The minimum absolute atomic E-state index is 0.0191. The Kier molecular flexibility index (Phi) is 3.97. The lowest BCUT2D eigenvalue weighted by Crippen LogP contribution is -2.32. The van der Waals surface area contributed by atoms with Crippen LogP contribution in [0.5, 0.6) is 0 Å². The van der Waals surface area contributed by atoms with E-state index in [-0.39, 0.29) is 17.6 Å². The van der Waals surface area contributed by atoms with Crippen molar-refractivity contribution in [1.82, 2.24) is 10.3 Å². The van der Waals surface area contributed by atoms with Crippen LogP contribution in [0, 0.1) is 11.6 Å². The zero-order valence-electron chi connectivity index (χ0n) is 11.9. The maximum Gasteiger partial charge on any atom is 0.129 e. The summed E-state index contributed by atoms with van der Waals surface area (Å²) in [7, 11) is 0. The van der Waals surface area contributed by atoms with Gasteiger partial charge in [-0.25, -0.2) is 8.78 Å². The minimum atomic E-state index is -0.478. The molecule has 0 spiro atoms. The van der Waals surface area contributed by atoms with Gasteiger partial charge < -0.3 is 5.32 Å². The maximum atomic E-state index is 13.7. The maximum absolute atomic E-state index is 13.7. The molecule has 2 nitrogen and oxygen atoms in total. The van der Waals surface area contributed by atoms with Crippen molar-refractivity contribution in [3.63, 3.8) is 0 Å². The van der Waals surface area contributed by atoms with Gasteiger partial charge in [-0.1, -0.05) is 12.1 Å². The van der Waals surface area contributed by atoms with Crippen LogP contribution in [0.1, 0.15) is 36.2 Å². The van der Waals surface area contributed by atoms with E-state index in [4.69, 9.17) is 0 Å². The summed E-state index contributed by atoms with van der Waals surface area (Å²) in [5, 5.41) is 3.44. The SMILES string of the molecule is CC(Cc1c(F)cccc1F)NC1CCc2cccnc21. The zero-order chi connectivity index (χ0) is 14.8. The summed E-state index contributed by atoms with van der Waals surface area (Å²) in [6, 6.07) is 8.18. The molecule has 2 atom stereocenters. The second-order valence-electron chi connectivity index (χ2n) is 5.61. The molecule has 0 radical (unpaired) electrons. The molecule has 4 heteroatoms. The molecule has 21 heavy (non-hydrogen) atoms. The van der Waals surface area contributed by atoms with Gasteiger partial charge in [0.1, 0.15) is 11.6 Å². The Balaban J connectivity index is 1.69. The van der Waals surface area contributed by atoms with Gasteiger partial charge in [-0.2, -0.15) is 0 Å². The molecule has 0 bridgehead atoms. The molecule has 1 aromatic heterocycles. The van der Waals surface area contributed by atoms with Crippen LogP contribution >= 0.6 is 0 Å². The highest BCUT2D eigenvalue weighted by molar-refractivity contribution is 5.28. The number of halogens is 2. The Morgan fingerprint density at radius 1 is 1.24 bits per heavy atom. The predicted octanol–water partition coefficient (Wildman–Crippen LogP) is 3.57. The number of aryl methyl sites for hydroxylation is 1. The van der Waals surface area contributed by atoms with E-state index >= 15 is 0 Å². The fourth-order valence-corrected chi connectivity index (χ4v) is 3.01. The van der Waals surface area contributed by atoms with Gasteiger partial charge in [0.25, 0.3) is 0 Å². The van der Waals surface area contributed by atoms with Crippen LogP contribution in [0.15, 0.2) is 36.5 Å². The fraction of sp³-hybridized carbons (Fsp3) is 0.353. The number of nitrogens with one attached hydrogen (secondary N) is 1. The van der Waals surface area contributed by atoms with Crippen LogP contribution in [0.3, 0.4) is 0 Å². The Hall–Kier alpha value is -1.81. The second kappa shape index (κ2) is 5.90. The summed E-state index contributed by atoms with van der Waals surface area (Å²) >= 11 is 0. The summed E-state index contributed by atoms with van der Waals surface area (Å²) < 4.78 is 27.4. The first-order valence-electron chi connectivity index (χ1n) is 7.28. The Labute approximate surface area is 123 Å². The van der Waals surface area contributed by atoms with Crippen molar-refractivity contribution in [3.8, 4) is 0 Å². The highest BCUT2D eigenvalue weighted by Crippen LogP contribution is 2.29. The van der Waals surface area contributed by atoms with Gasteiger partial charge in [-0.3, -0.25) is 4.98 Å². The predicted molar refractivity (Wildman–Crippen MR) is 78.0 cm³/mol. The highest BCUT2D eigenvalue weighted by Gasteiger charge is 2.25. The van der Waals surface area contributed by atoms with E-state index in [1.54, 1.807) is 6.20 Å². The molecule has 0 saturated heterocycles. The number of pyridine rings is 1. The van der Waals surface area contributed by atoms with Gasteiger partial charge in [0.15, 0.2) is 0 Å². The van der Waals surface area contributed by atoms with Crippen molar-refractivity contribution in [1.29, 1.82) is 0 Å². The summed E-state index contributed by atoms with van der Waals surface area (Å²) in [5.41, 5.74) is 2.48. The number of fused-ring (bicyclic) bond motifs is 1. The van der Waals surface area contributed by atoms with Crippen LogP contribution < -0.4 is 5.32 Å². The van der Waals surface area contributed by atoms with E-state index in [0.29, 0.717) is 6.42 Å². The summed E-state index contributed by atoms with van der Waals surface area (Å²) in [5.74, 6) is -0.956. The molecule has 2 aromatic rings. The third-order valence-corrected chi connectivity index (χ3v) is 4.02. The first-order valence-corrected chi connectivity index (χ1v) is 7.28. The first-order chi connectivity index (χ1) is 10.1. The second-order valence-corrected chi connectivity index (χ2v) is 5.61. The third kappa shape index (κ3) is 2.95. The van der Waals surface area contributed by atoms with Gasteiger partial charge in [0, 0.05) is 17.8 Å². The van der Waals surface area contributed by atoms with Gasteiger partial charge in [0.05, 0.1) is 11.7 Å². The van der Waals surface area contributed by atoms with E-state index in [0.717, 1.165) is 18.5 Å². The molecular formula is C17H18F2N2. The van der Waals surface area contributed by atoms with Crippen LogP contribution in [0.25, 0.3) is 0 Å². The largest absolute Gasteiger partial charge is 0.306 e. The highest BCUT2D eigenvalue weighted by atomic mass is 19.1. The Morgan fingerprint density at radius 2 is 2.00 bits per heavy atom. The summed E-state index contributed by atoms with van der Waals surface area (Å²) in [6.45, 7) is 1.95. The zero-order valence-corrected chi connectivity index (χ0v) is 11.9. The topological polar surface area (TPSA) is 24.9 Å².